The van der Waals surface area contributed by atoms with Crippen LogP contribution in [0.5, 0.6) is 0 Å². The lowest BCUT2D eigenvalue weighted by molar-refractivity contribution is -0.139. The fourth-order valence-corrected chi connectivity index (χ4v) is 2.16. The lowest BCUT2D eigenvalue weighted by Gasteiger charge is -2.13. The number of thiazole rings is 1. The average molecular weight is 280 g/mol. The van der Waals surface area contributed by atoms with Gasteiger partial charge in [-0.25, -0.2) is 9.78 Å². The third kappa shape index (κ3) is 4.07. The van der Waals surface area contributed by atoms with Gasteiger partial charge in [-0.2, -0.15) is 0 Å². The second kappa shape index (κ2) is 5.85. The van der Waals surface area contributed by atoms with Gasteiger partial charge in [0.1, 0.15) is 11.7 Å². The Bertz CT molecular complexity index is 523. The average Bonchev–Trinajstić information content (AvgIpc) is 2.76. The molecular weight excluding hydrogens is 264 g/mol. The summed E-state index contributed by atoms with van der Waals surface area (Å²) in [5.74, 6) is 0.548. The second-order valence-electron chi connectivity index (χ2n) is 5.06. The predicted molar refractivity (Wildman–Crippen MR) is 73.2 cm³/mol. The van der Waals surface area contributed by atoms with Gasteiger partial charge in [0, 0.05) is 17.2 Å². The number of carboxylic acids is 1. The summed E-state index contributed by atoms with van der Waals surface area (Å²) in [5, 5.41) is 13.7. The highest BCUT2D eigenvalue weighted by Crippen LogP contribution is 2.25. The van der Waals surface area contributed by atoms with Gasteiger partial charge in [0.15, 0.2) is 0 Å². The van der Waals surface area contributed by atoms with E-state index in [0.29, 0.717) is 0 Å². The number of nitrogens with zero attached hydrogens (tertiary/aromatic N) is 1. The predicted octanol–water partition coefficient (Wildman–Crippen LogP) is 1.65. The molecule has 0 aliphatic rings. The van der Waals surface area contributed by atoms with Crippen molar-refractivity contribution in [2.24, 2.45) is 0 Å². The molecule has 0 aromatic carbocycles. The van der Waals surface area contributed by atoms with E-state index in [1.54, 1.807) is 5.38 Å². The molecule has 2 N–H and O–H groups in total. The summed E-state index contributed by atoms with van der Waals surface area (Å²) in [6, 6.07) is -1.09. The molecule has 1 unspecified atom stereocenters. The molecule has 19 heavy (non-hydrogen) atoms. The fourth-order valence-electron chi connectivity index (χ4n) is 1.27. The number of hydrogen-bond acceptors (Lipinski definition) is 4. The normalized spacial score (nSPS) is 12.5. The van der Waals surface area contributed by atoms with Crippen LogP contribution in [0.4, 0.5) is 0 Å². The molecule has 1 atom stereocenters. The number of amides is 1. The molecule has 1 heterocycles. The van der Waals surface area contributed by atoms with Crippen LogP contribution in [0, 0.1) is 12.3 Å². The number of aromatic nitrogens is 1. The molecule has 1 rings (SSSR count). The first-order valence-corrected chi connectivity index (χ1v) is 6.57. The molecule has 0 aliphatic heterocycles. The minimum absolute atomic E-state index is 0.0582. The van der Waals surface area contributed by atoms with E-state index in [9.17, 15) is 9.59 Å². The third-order valence-electron chi connectivity index (χ3n) is 2.30. The standard InChI is InChI=1S/C13H16N2O3S/c1-5-6-8(11(17)18)14-10(16)9-7-19-12(15-9)13(2,3)4/h1,7-8H,6H2,2-4H3,(H,14,16)(H,17,18). The molecule has 0 saturated carbocycles. The van der Waals surface area contributed by atoms with Gasteiger partial charge in [-0.3, -0.25) is 4.79 Å². The van der Waals surface area contributed by atoms with Gasteiger partial charge in [0.25, 0.3) is 5.91 Å². The van der Waals surface area contributed by atoms with E-state index < -0.39 is 17.9 Å². The number of carboxylic acid groups (broad SMARTS) is 1. The minimum atomic E-state index is -1.16. The summed E-state index contributed by atoms with van der Waals surface area (Å²) in [5.41, 5.74) is 0.0759. The van der Waals surface area contributed by atoms with E-state index in [4.69, 9.17) is 11.5 Å². The van der Waals surface area contributed by atoms with Crippen LogP contribution in [-0.2, 0) is 10.2 Å². The van der Waals surface area contributed by atoms with Crippen LogP contribution in [0.15, 0.2) is 5.38 Å². The highest BCUT2D eigenvalue weighted by atomic mass is 32.1. The molecule has 0 bridgehead atoms. The molecule has 6 heteroatoms. The Balaban J connectivity index is 2.81. The maximum Gasteiger partial charge on any atom is 0.327 e. The van der Waals surface area contributed by atoms with Gasteiger partial charge < -0.3 is 10.4 Å². The third-order valence-corrected chi connectivity index (χ3v) is 3.57. The van der Waals surface area contributed by atoms with Gasteiger partial charge in [-0.05, 0) is 0 Å². The first-order valence-electron chi connectivity index (χ1n) is 5.69. The van der Waals surface area contributed by atoms with Crippen LogP contribution < -0.4 is 5.32 Å². The van der Waals surface area contributed by atoms with E-state index in [2.05, 4.69) is 16.2 Å². The molecule has 0 aliphatic carbocycles. The Kier molecular flexibility index (Phi) is 4.67. The van der Waals surface area contributed by atoms with Crippen molar-refractivity contribution < 1.29 is 14.7 Å². The fraction of sp³-hybridized carbons (Fsp3) is 0.462. The van der Waals surface area contributed by atoms with Crippen LogP contribution >= 0.6 is 11.3 Å². The maximum atomic E-state index is 11.9. The van der Waals surface area contributed by atoms with Gasteiger partial charge in [-0.1, -0.05) is 20.8 Å². The maximum absolute atomic E-state index is 11.9. The summed E-state index contributed by atoms with van der Waals surface area (Å²) >= 11 is 1.37. The first kappa shape index (κ1) is 15.2. The lowest BCUT2D eigenvalue weighted by Crippen LogP contribution is -2.40. The number of rotatable bonds is 4. The van der Waals surface area contributed by atoms with E-state index in [1.165, 1.54) is 11.3 Å². The molecule has 1 aromatic rings. The van der Waals surface area contributed by atoms with Gasteiger partial charge in [0.05, 0.1) is 5.01 Å². The van der Waals surface area contributed by atoms with Crippen molar-refractivity contribution in [3.05, 3.63) is 16.1 Å². The molecule has 0 saturated heterocycles. The molecular formula is C13H16N2O3S. The highest BCUT2D eigenvalue weighted by molar-refractivity contribution is 7.10. The molecule has 102 valence electrons. The minimum Gasteiger partial charge on any atom is -0.480 e. The van der Waals surface area contributed by atoms with E-state index in [1.807, 2.05) is 20.8 Å². The Morgan fingerprint density at radius 1 is 1.58 bits per heavy atom. The van der Waals surface area contributed by atoms with Gasteiger partial charge in [-0.15, -0.1) is 23.7 Å². The summed E-state index contributed by atoms with van der Waals surface area (Å²) < 4.78 is 0. The highest BCUT2D eigenvalue weighted by Gasteiger charge is 2.23. The lowest BCUT2D eigenvalue weighted by atomic mass is 9.98. The van der Waals surface area contributed by atoms with Crippen molar-refractivity contribution >= 4 is 23.2 Å². The Labute approximate surface area is 116 Å². The first-order chi connectivity index (χ1) is 8.75. The number of nitrogens with one attached hydrogen (secondary N) is 1. The Morgan fingerprint density at radius 2 is 2.21 bits per heavy atom. The zero-order chi connectivity index (χ0) is 14.6. The quantitative estimate of drug-likeness (QED) is 0.822. The monoisotopic (exact) mass is 280 g/mol. The molecule has 0 spiro atoms. The molecule has 5 nitrogen and oxygen atoms in total. The largest absolute Gasteiger partial charge is 0.480 e. The summed E-state index contributed by atoms with van der Waals surface area (Å²) in [7, 11) is 0. The summed E-state index contributed by atoms with van der Waals surface area (Å²) in [6.07, 6.45) is 5.01. The zero-order valence-electron chi connectivity index (χ0n) is 11.1. The Morgan fingerprint density at radius 3 is 2.63 bits per heavy atom. The summed E-state index contributed by atoms with van der Waals surface area (Å²) in [6.45, 7) is 5.98. The molecule has 1 aromatic heterocycles. The van der Waals surface area contributed by atoms with Crippen LogP contribution in [0.3, 0.4) is 0 Å². The van der Waals surface area contributed by atoms with Crippen molar-refractivity contribution in [3.8, 4) is 12.3 Å². The number of hydrogen-bond donors (Lipinski definition) is 2. The van der Waals surface area contributed by atoms with E-state index in [-0.39, 0.29) is 17.5 Å². The van der Waals surface area contributed by atoms with Crippen molar-refractivity contribution in [2.75, 3.05) is 0 Å². The number of terminal acetylenes is 1. The summed E-state index contributed by atoms with van der Waals surface area (Å²) in [4.78, 5) is 27.0. The van der Waals surface area contributed by atoms with Crippen LogP contribution in [0.1, 0.15) is 42.7 Å². The second-order valence-corrected chi connectivity index (χ2v) is 5.92. The molecule has 1 amide bonds. The molecule has 0 fully saturated rings. The van der Waals surface area contributed by atoms with E-state index >= 15 is 0 Å². The van der Waals surface area contributed by atoms with Crippen LogP contribution in [-0.4, -0.2) is 28.0 Å². The smallest absolute Gasteiger partial charge is 0.327 e. The topological polar surface area (TPSA) is 79.3 Å². The molecule has 0 radical (unpaired) electrons. The SMILES string of the molecule is C#CCC(NC(=O)c1csc(C(C)(C)C)n1)C(=O)O. The number of carbonyl (C=O) groups excluding carboxylic acids is 1. The van der Waals surface area contributed by atoms with Crippen molar-refractivity contribution in [1.82, 2.24) is 10.3 Å². The Hall–Kier alpha value is -1.87. The van der Waals surface area contributed by atoms with Crippen molar-refractivity contribution in [1.29, 1.82) is 0 Å². The number of aliphatic carboxylic acids is 1. The van der Waals surface area contributed by atoms with Gasteiger partial charge >= 0.3 is 5.97 Å². The van der Waals surface area contributed by atoms with E-state index in [0.717, 1.165) is 5.01 Å². The number of carbonyl (C=O) groups is 2. The van der Waals surface area contributed by atoms with Crippen molar-refractivity contribution in [3.63, 3.8) is 0 Å². The van der Waals surface area contributed by atoms with Crippen LogP contribution in [0.25, 0.3) is 0 Å². The van der Waals surface area contributed by atoms with Gasteiger partial charge in [0.2, 0.25) is 0 Å². The van der Waals surface area contributed by atoms with Crippen LogP contribution in [0.2, 0.25) is 0 Å². The zero-order valence-corrected chi connectivity index (χ0v) is 11.9. The van der Waals surface area contributed by atoms with Crippen molar-refractivity contribution in [2.45, 2.75) is 38.6 Å².